The number of aliphatic carboxylic acids is 3. The van der Waals surface area contributed by atoms with Crippen molar-refractivity contribution in [2.45, 2.75) is 170 Å². The summed E-state index contributed by atoms with van der Waals surface area (Å²) in [5, 5.41) is 52.0. The first-order valence-electron chi connectivity index (χ1n) is 21.0. The van der Waals surface area contributed by atoms with Gasteiger partial charge in [0, 0.05) is 22.7 Å². The van der Waals surface area contributed by atoms with Gasteiger partial charge in [-0.1, -0.05) is 145 Å². The monoisotopic (exact) mass is 831 g/mol. The van der Waals surface area contributed by atoms with Crippen molar-refractivity contribution in [2.75, 3.05) is 54.3 Å². The van der Waals surface area contributed by atoms with Crippen molar-refractivity contribution in [1.82, 2.24) is 0 Å². The van der Waals surface area contributed by atoms with Crippen molar-refractivity contribution >= 4 is 53.2 Å². The molecule has 0 aliphatic rings. The van der Waals surface area contributed by atoms with E-state index in [0.717, 1.165) is 34.5 Å². The van der Waals surface area contributed by atoms with Gasteiger partial charge in [0.15, 0.2) is 0 Å². The van der Waals surface area contributed by atoms with Gasteiger partial charge < -0.3 is 30.6 Å². The molecule has 3 atom stereocenters. The molecule has 0 radical (unpaired) electrons. The zero-order chi connectivity index (χ0) is 41.9. The average molecular weight is 831 g/mol. The minimum absolute atomic E-state index is 0.156. The molecule has 0 aromatic rings. The predicted octanol–water partition coefficient (Wildman–Crippen LogP) is 10.8. The van der Waals surface area contributed by atoms with E-state index in [4.69, 9.17) is 30.6 Å². The molecule has 0 aliphatic heterocycles. The minimum atomic E-state index is -0.676. The van der Waals surface area contributed by atoms with Gasteiger partial charge in [-0.05, 0) is 42.9 Å². The Hall–Kier alpha value is -0.660. The van der Waals surface area contributed by atoms with Crippen molar-refractivity contribution in [3.63, 3.8) is 0 Å². The molecule has 54 heavy (non-hydrogen) atoms. The van der Waals surface area contributed by atoms with E-state index in [1.807, 2.05) is 6.92 Å². The number of rotatable bonds is 34. The van der Waals surface area contributed by atoms with E-state index in [2.05, 4.69) is 20.8 Å². The fourth-order valence-corrected chi connectivity index (χ4v) is 7.65. The predicted molar refractivity (Wildman–Crippen MR) is 236 cm³/mol. The van der Waals surface area contributed by atoms with Crippen LogP contribution < -0.4 is 0 Å². The Labute approximate surface area is 344 Å². The lowest BCUT2D eigenvalue weighted by Crippen LogP contribution is -2.32. The molecule has 0 bridgehead atoms. The molecule has 0 heterocycles. The summed E-state index contributed by atoms with van der Waals surface area (Å²) in [5.41, 5.74) is -0.667. The van der Waals surface area contributed by atoms with Gasteiger partial charge >= 0.3 is 17.9 Å². The maximum absolute atomic E-state index is 10.5. The molecule has 0 aromatic carbocycles. The summed E-state index contributed by atoms with van der Waals surface area (Å²) in [5.74, 6) is 2.98. The van der Waals surface area contributed by atoms with Crippen LogP contribution in [0.2, 0.25) is 0 Å². The maximum Gasteiger partial charge on any atom is 0.307 e. The molecule has 0 aromatic heterocycles. The van der Waals surface area contributed by atoms with E-state index in [1.54, 1.807) is 56.1 Å². The number of aliphatic hydroxyl groups is 3. The summed E-state index contributed by atoms with van der Waals surface area (Å²) in [6.07, 6.45) is 24.2. The highest BCUT2D eigenvalue weighted by molar-refractivity contribution is 7.99. The highest BCUT2D eigenvalue weighted by Gasteiger charge is 2.25. The average Bonchev–Trinajstić information content (AvgIpc) is 3.16. The standard InChI is InChI=1S/3C12H24O2S.C6H14O3/c3*1-3-4-5-6-7-8-9-15-10-11(2)12(13)14;1-2-6(3-7,4-8)5-9/h3*11H,3-10H2,1-2H3,(H,13,14);7-9H,2-5H2,1H3. The molecule has 6 N–H and O–H groups in total. The first-order chi connectivity index (χ1) is 25.8. The molecule has 0 spiro atoms. The van der Waals surface area contributed by atoms with E-state index in [0.29, 0.717) is 6.42 Å². The Bertz CT molecular complexity index is 698. The molecule has 0 saturated carbocycles. The second-order valence-corrected chi connectivity index (χ2v) is 18.0. The first-order valence-corrected chi connectivity index (χ1v) is 24.5. The Morgan fingerprint density at radius 3 is 0.815 bits per heavy atom. The Morgan fingerprint density at radius 2 is 0.648 bits per heavy atom. The molecule has 3 unspecified atom stereocenters. The molecular weight excluding hydrogens is 745 g/mol. The van der Waals surface area contributed by atoms with E-state index < -0.39 is 23.3 Å². The number of hydrogen-bond donors (Lipinski definition) is 6. The summed E-state index contributed by atoms with van der Waals surface area (Å²) in [7, 11) is 0. The van der Waals surface area contributed by atoms with E-state index >= 15 is 0 Å². The Morgan fingerprint density at radius 1 is 0.426 bits per heavy atom. The molecule has 9 nitrogen and oxygen atoms in total. The number of carboxylic acids is 3. The molecule has 326 valence electrons. The third kappa shape index (κ3) is 45.7. The lowest BCUT2D eigenvalue weighted by Gasteiger charge is -2.24. The molecule has 0 amide bonds. The van der Waals surface area contributed by atoms with Crippen LogP contribution in [-0.4, -0.2) is 103 Å². The summed E-state index contributed by atoms with van der Waals surface area (Å²) >= 11 is 5.32. The molecule has 0 saturated heterocycles. The van der Waals surface area contributed by atoms with E-state index in [1.165, 1.54) is 116 Å². The quantitative estimate of drug-likeness (QED) is 0.0340. The van der Waals surface area contributed by atoms with Crippen LogP contribution in [0.15, 0.2) is 0 Å². The van der Waals surface area contributed by atoms with Crippen LogP contribution in [0.4, 0.5) is 0 Å². The van der Waals surface area contributed by atoms with Gasteiger partial charge in [-0.2, -0.15) is 35.3 Å². The SMILES string of the molecule is CCC(CO)(CO)CO.CCCCCCCCSCC(C)C(=O)O.CCCCCCCCSCC(C)C(=O)O.CCCCCCCCSCC(C)C(=O)O. The van der Waals surface area contributed by atoms with Gasteiger partial charge in [0.1, 0.15) is 0 Å². The molecule has 0 fully saturated rings. The highest BCUT2D eigenvalue weighted by Crippen LogP contribution is 2.18. The van der Waals surface area contributed by atoms with E-state index in [9.17, 15) is 14.4 Å². The van der Waals surface area contributed by atoms with Crippen LogP contribution in [0.1, 0.15) is 170 Å². The van der Waals surface area contributed by atoms with Crippen LogP contribution in [0, 0.1) is 23.2 Å². The van der Waals surface area contributed by atoms with Crippen molar-refractivity contribution < 1.29 is 45.0 Å². The van der Waals surface area contributed by atoms with Crippen LogP contribution in [0.5, 0.6) is 0 Å². The van der Waals surface area contributed by atoms with Crippen LogP contribution >= 0.6 is 35.3 Å². The van der Waals surface area contributed by atoms with Crippen molar-refractivity contribution in [1.29, 1.82) is 0 Å². The van der Waals surface area contributed by atoms with Gasteiger partial charge in [0.05, 0.1) is 37.6 Å². The number of aliphatic hydroxyl groups excluding tert-OH is 3. The van der Waals surface area contributed by atoms with Crippen molar-refractivity contribution in [2.24, 2.45) is 23.2 Å². The topological polar surface area (TPSA) is 173 Å². The molecular formula is C42H86O9S3. The molecule has 12 heteroatoms. The fourth-order valence-electron chi connectivity index (χ4n) is 4.43. The number of carboxylic acid groups (broad SMARTS) is 3. The Balaban J connectivity index is -0.000000314. The maximum atomic E-state index is 10.5. The Kier molecular flexibility index (Phi) is 51.9. The lowest BCUT2D eigenvalue weighted by atomic mass is 9.88. The van der Waals surface area contributed by atoms with Gasteiger partial charge in [0.25, 0.3) is 0 Å². The summed E-state index contributed by atoms with van der Waals surface area (Å²) in [6.45, 7) is 13.4. The van der Waals surface area contributed by atoms with Crippen LogP contribution in [0.3, 0.4) is 0 Å². The van der Waals surface area contributed by atoms with Crippen molar-refractivity contribution in [3.8, 4) is 0 Å². The number of thioether (sulfide) groups is 3. The fraction of sp³-hybridized carbons (Fsp3) is 0.929. The summed E-state index contributed by atoms with van der Waals surface area (Å²) in [6, 6.07) is 0. The van der Waals surface area contributed by atoms with Gasteiger partial charge in [-0.25, -0.2) is 0 Å². The third-order valence-electron chi connectivity index (χ3n) is 9.05. The summed E-state index contributed by atoms with van der Waals surface area (Å²) in [4.78, 5) is 31.6. The lowest BCUT2D eigenvalue weighted by molar-refractivity contribution is -0.141. The number of carbonyl (C=O) groups is 3. The molecule has 0 rings (SSSR count). The summed E-state index contributed by atoms with van der Waals surface area (Å²) < 4.78 is 0. The van der Waals surface area contributed by atoms with Gasteiger partial charge in [-0.3, -0.25) is 14.4 Å². The third-order valence-corrected chi connectivity index (χ3v) is 13.0. The normalized spacial score (nSPS) is 12.6. The van der Waals surface area contributed by atoms with Crippen LogP contribution in [-0.2, 0) is 14.4 Å². The molecule has 0 aliphatic carbocycles. The highest BCUT2D eigenvalue weighted by atomic mass is 32.2. The second kappa shape index (κ2) is 46.7. The zero-order valence-corrected chi connectivity index (χ0v) is 38.1. The minimum Gasteiger partial charge on any atom is -0.481 e. The largest absolute Gasteiger partial charge is 0.481 e. The second-order valence-electron chi connectivity index (χ2n) is 14.6. The van der Waals surface area contributed by atoms with Crippen molar-refractivity contribution in [3.05, 3.63) is 0 Å². The van der Waals surface area contributed by atoms with E-state index in [-0.39, 0.29) is 37.6 Å². The van der Waals surface area contributed by atoms with Gasteiger partial charge in [0.2, 0.25) is 0 Å². The first kappa shape index (κ1) is 60.0. The van der Waals surface area contributed by atoms with Gasteiger partial charge in [-0.15, -0.1) is 0 Å². The smallest absolute Gasteiger partial charge is 0.307 e. The zero-order valence-electron chi connectivity index (χ0n) is 35.7. The van der Waals surface area contributed by atoms with Crippen LogP contribution in [0.25, 0.3) is 0 Å². The number of hydrogen-bond acceptors (Lipinski definition) is 9. The number of unbranched alkanes of at least 4 members (excludes halogenated alkanes) is 15.